The van der Waals surface area contributed by atoms with Crippen LogP contribution in [0.15, 0.2) is 24.3 Å². The number of hydrogen-bond acceptors (Lipinski definition) is 5. The molecule has 1 fully saturated rings. The van der Waals surface area contributed by atoms with Gasteiger partial charge in [0.05, 0.1) is 13.7 Å². The van der Waals surface area contributed by atoms with Gasteiger partial charge in [-0.15, -0.1) is 0 Å². The van der Waals surface area contributed by atoms with E-state index in [0.717, 1.165) is 13.1 Å². The molecule has 120 valence electrons. The molecule has 0 saturated carbocycles. The van der Waals surface area contributed by atoms with Gasteiger partial charge in [-0.25, -0.2) is 0 Å². The second-order valence-corrected chi connectivity index (χ2v) is 4.85. The van der Waals surface area contributed by atoms with Gasteiger partial charge in [-0.3, -0.25) is 9.59 Å². The monoisotopic (exact) mass is 307 g/mol. The molecule has 1 aromatic carbocycles. The zero-order valence-electron chi connectivity index (χ0n) is 12.6. The lowest BCUT2D eigenvalue weighted by atomic mass is 10.3. The first kappa shape index (κ1) is 16.1. The fourth-order valence-electron chi connectivity index (χ4n) is 2.13. The quantitative estimate of drug-likeness (QED) is 0.749. The van der Waals surface area contributed by atoms with Gasteiger partial charge in [0.25, 0.3) is 5.91 Å². The van der Waals surface area contributed by atoms with Crippen molar-refractivity contribution in [2.45, 2.75) is 0 Å². The second kappa shape index (κ2) is 8.23. The number of piperazine rings is 1. The SMILES string of the molecule is COc1ccccc1OCC(=O)NCC(=O)N1CCNCC1. The van der Waals surface area contributed by atoms with Crippen LogP contribution < -0.4 is 20.1 Å². The summed E-state index contributed by atoms with van der Waals surface area (Å²) in [6, 6.07) is 7.08. The van der Waals surface area contributed by atoms with Crippen molar-refractivity contribution in [3.63, 3.8) is 0 Å². The first-order chi connectivity index (χ1) is 10.7. The topological polar surface area (TPSA) is 79.9 Å². The number of methoxy groups -OCH3 is 1. The summed E-state index contributed by atoms with van der Waals surface area (Å²) in [6.45, 7) is 2.76. The van der Waals surface area contributed by atoms with Crippen molar-refractivity contribution in [3.8, 4) is 11.5 Å². The van der Waals surface area contributed by atoms with Crippen LogP contribution in [0, 0.1) is 0 Å². The highest BCUT2D eigenvalue weighted by Gasteiger charge is 2.16. The number of ether oxygens (including phenoxy) is 2. The fraction of sp³-hybridized carbons (Fsp3) is 0.467. The van der Waals surface area contributed by atoms with Gasteiger partial charge in [0.1, 0.15) is 0 Å². The van der Waals surface area contributed by atoms with Crippen molar-refractivity contribution in [1.82, 2.24) is 15.5 Å². The first-order valence-corrected chi connectivity index (χ1v) is 7.21. The Morgan fingerprint density at radius 2 is 1.91 bits per heavy atom. The van der Waals surface area contributed by atoms with E-state index in [2.05, 4.69) is 10.6 Å². The molecule has 22 heavy (non-hydrogen) atoms. The molecule has 0 unspecified atom stereocenters. The van der Waals surface area contributed by atoms with Gasteiger partial charge in [-0.1, -0.05) is 12.1 Å². The Morgan fingerprint density at radius 3 is 2.59 bits per heavy atom. The summed E-state index contributed by atoms with van der Waals surface area (Å²) in [7, 11) is 1.54. The van der Waals surface area contributed by atoms with Crippen LogP contribution in [0.25, 0.3) is 0 Å². The summed E-state index contributed by atoms with van der Waals surface area (Å²) in [5.74, 6) is 0.641. The first-order valence-electron chi connectivity index (χ1n) is 7.21. The predicted molar refractivity (Wildman–Crippen MR) is 80.9 cm³/mol. The Kier molecular flexibility index (Phi) is 6.02. The number of benzene rings is 1. The van der Waals surface area contributed by atoms with E-state index in [1.807, 2.05) is 6.07 Å². The molecule has 2 N–H and O–H groups in total. The second-order valence-electron chi connectivity index (χ2n) is 4.85. The van der Waals surface area contributed by atoms with E-state index in [1.54, 1.807) is 23.1 Å². The molecule has 0 bridgehead atoms. The van der Waals surface area contributed by atoms with Crippen LogP contribution in [0.1, 0.15) is 0 Å². The van der Waals surface area contributed by atoms with Gasteiger partial charge in [0, 0.05) is 26.2 Å². The molecule has 1 saturated heterocycles. The molecule has 1 aliphatic rings. The van der Waals surface area contributed by atoms with Gasteiger partial charge in [-0.05, 0) is 12.1 Å². The van der Waals surface area contributed by atoms with Crippen LogP contribution in [0.4, 0.5) is 0 Å². The molecule has 2 amide bonds. The Balaban J connectivity index is 1.72. The van der Waals surface area contributed by atoms with E-state index in [9.17, 15) is 9.59 Å². The molecule has 0 atom stereocenters. The van der Waals surface area contributed by atoms with Crippen LogP contribution >= 0.6 is 0 Å². The Labute approximate surface area is 129 Å². The van der Waals surface area contributed by atoms with Crippen molar-refractivity contribution < 1.29 is 19.1 Å². The van der Waals surface area contributed by atoms with Crippen molar-refractivity contribution >= 4 is 11.8 Å². The minimum atomic E-state index is -0.339. The molecule has 1 aromatic rings. The van der Waals surface area contributed by atoms with Crippen LogP contribution in [0.3, 0.4) is 0 Å². The molecule has 0 radical (unpaired) electrons. The van der Waals surface area contributed by atoms with E-state index in [0.29, 0.717) is 24.6 Å². The van der Waals surface area contributed by atoms with E-state index in [4.69, 9.17) is 9.47 Å². The van der Waals surface area contributed by atoms with Crippen LogP contribution in [-0.2, 0) is 9.59 Å². The maximum absolute atomic E-state index is 11.9. The predicted octanol–water partition coefficient (Wildman–Crippen LogP) is -0.378. The smallest absolute Gasteiger partial charge is 0.258 e. The molecule has 0 spiro atoms. The summed E-state index contributed by atoms with van der Waals surface area (Å²) in [4.78, 5) is 25.4. The Bertz CT molecular complexity index is 515. The van der Waals surface area contributed by atoms with Crippen LogP contribution in [0.2, 0.25) is 0 Å². The van der Waals surface area contributed by atoms with Crippen molar-refractivity contribution in [1.29, 1.82) is 0 Å². The molecule has 1 aliphatic heterocycles. The maximum Gasteiger partial charge on any atom is 0.258 e. The molecule has 0 aromatic heterocycles. The third-order valence-corrected chi connectivity index (χ3v) is 3.33. The largest absolute Gasteiger partial charge is 0.493 e. The number of amides is 2. The highest BCUT2D eigenvalue weighted by molar-refractivity contribution is 5.85. The van der Waals surface area contributed by atoms with Gasteiger partial charge in [0.2, 0.25) is 5.91 Å². The lowest BCUT2D eigenvalue weighted by Crippen LogP contribution is -2.49. The van der Waals surface area contributed by atoms with Gasteiger partial charge in [-0.2, -0.15) is 0 Å². The Hall–Kier alpha value is -2.28. The average Bonchev–Trinajstić information content (AvgIpc) is 2.58. The average molecular weight is 307 g/mol. The zero-order chi connectivity index (χ0) is 15.8. The minimum Gasteiger partial charge on any atom is -0.493 e. The highest BCUT2D eigenvalue weighted by atomic mass is 16.5. The fourth-order valence-corrected chi connectivity index (χ4v) is 2.13. The van der Waals surface area contributed by atoms with E-state index < -0.39 is 0 Å². The van der Waals surface area contributed by atoms with Crippen molar-refractivity contribution in [2.75, 3.05) is 46.4 Å². The van der Waals surface area contributed by atoms with Crippen LogP contribution in [0.5, 0.6) is 11.5 Å². The number of rotatable bonds is 6. The molecule has 0 aliphatic carbocycles. The third kappa shape index (κ3) is 4.63. The molecule has 7 nitrogen and oxygen atoms in total. The minimum absolute atomic E-state index is 0.00584. The van der Waals surface area contributed by atoms with Crippen molar-refractivity contribution in [2.24, 2.45) is 0 Å². The van der Waals surface area contributed by atoms with Gasteiger partial charge in [0.15, 0.2) is 18.1 Å². The lowest BCUT2D eigenvalue weighted by molar-refractivity contribution is -0.133. The highest BCUT2D eigenvalue weighted by Crippen LogP contribution is 2.25. The molecule has 7 heteroatoms. The summed E-state index contributed by atoms with van der Waals surface area (Å²) in [5.41, 5.74) is 0. The number of nitrogens with one attached hydrogen (secondary N) is 2. The number of carbonyl (C=O) groups excluding carboxylic acids is 2. The van der Waals surface area contributed by atoms with E-state index in [1.165, 1.54) is 7.11 Å². The molecule has 2 rings (SSSR count). The van der Waals surface area contributed by atoms with E-state index in [-0.39, 0.29) is 25.0 Å². The molecular formula is C15H21N3O4. The Morgan fingerprint density at radius 1 is 1.23 bits per heavy atom. The number of nitrogens with zero attached hydrogens (tertiary/aromatic N) is 1. The van der Waals surface area contributed by atoms with Gasteiger partial charge >= 0.3 is 0 Å². The molecular weight excluding hydrogens is 286 g/mol. The number of para-hydroxylation sites is 2. The van der Waals surface area contributed by atoms with E-state index >= 15 is 0 Å². The van der Waals surface area contributed by atoms with Gasteiger partial charge < -0.3 is 25.0 Å². The third-order valence-electron chi connectivity index (χ3n) is 3.33. The summed E-state index contributed by atoms with van der Waals surface area (Å²) in [6.07, 6.45) is 0. The van der Waals surface area contributed by atoms with Crippen molar-refractivity contribution in [3.05, 3.63) is 24.3 Å². The lowest BCUT2D eigenvalue weighted by Gasteiger charge is -2.27. The van der Waals surface area contributed by atoms with Crippen LogP contribution in [-0.4, -0.2) is 63.2 Å². The summed E-state index contributed by atoms with van der Waals surface area (Å²) >= 11 is 0. The standard InChI is InChI=1S/C15H21N3O4/c1-21-12-4-2-3-5-13(12)22-11-14(19)17-10-15(20)18-8-6-16-7-9-18/h2-5,16H,6-11H2,1H3,(H,17,19). The maximum atomic E-state index is 11.9. The number of hydrogen-bond donors (Lipinski definition) is 2. The number of carbonyl (C=O) groups is 2. The summed E-state index contributed by atoms with van der Waals surface area (Å²) in [5, 5.41) is 5.74. The zero-order valence-corrected chi connectivity index (χ0v) is 12.6. The molecule has 1 heterocycles. The normalized spacial score (nSPS) is 14.3. The summed E-state index contributed by atoms with van der Waals surface area (Å²) < 4.78 is 10.5.